The summed E-state index contributed by atoms with van der Waals surface area (Å²) in [6.07, 6.45) is 7.11. The second-order valence-corrected chi connectivity index (χ2v) is 9.68. The standard InChI is InChI=1S/C27H25O2S/c1-27(2,22-13-9-10-14-22)29-26(28)21-12-11-19-25(20-21)30(23-15-5-3-6-16-23)24-17-7-4-8-18-24/h3-9,11-20H,10H2,1-2H3/q+1. The molecular formula is C27H25O2S+. The summed E-state index contributed by atoms with van der Waals surface area (Å²) in [5, 5.41) is 0. The van der Waals surface area contributed by atoms with Crippen LogP contribution in [0, 0.1) is 0 Å². The highest BCUT2D eigenvalue weighted by Crippen LogP contribution is 2.32. The number of carbonyl (C=O) groups is 1. The van der Waals surface area contributed by atoms with E-state index in [2.05, 4.69) is 66.7 Å². The van der Waals surface area contributed by atoms with Gasteiger partial charge in [-0.1, -0.05) is 60.7 Å². The Morgan fingerprint density at radius 1 is 0.833 bits per heavy atom. The number of hydrogen-bond donors (Lipinski definition) is 0. The molecule has 1 aliphatic rings. The number of hydrogen-bond acceptors (Lipinski definition) is 2. The molecule has 30 heavy (non-hydrogen) atoms. The Hall–Kier alpha value is -3.04. The first kappa shape index (κ1) is 20.2. The Kier molecular flexibility index (Phi) is 5.91. The second kappa shape index (κ2) is 8.76. The average molecular weight is 414 g/mol. The van der Waals surface area contributed by atoms with Crippen LogP contribution in [0.4, 0.5) is 0 Å². The number of esters is 1. The zero-order valence-electron chi connectivity index (χ0n) is 17.2. The molecule has 0 aromatic heterocycles. The third-order valence-electron chi connectivity index (χ3n) is 5.08. The van der Waals surface area contributed by atoms with Crippen LogP contribution < -0.4 is 0 Å². The van der Waals surface area contributed by atoms with Crippen molar-refractivity contribution in [3.8, 4) is 0 Å². The highest BCUT2D eigenvalue weighted by Gasteiger charge is 2.31. The van der Waals surface area contributed by atoms with Crippen molar-refractivity contribution in [1.82, 2.24) is 0 Å². The van der Waals surface area contributed by atoms with Crippen molar-refractivity contribution >= 4 is 16.9 Å². The van der Waals surface area contributed by atoms with E-state index < -0.39 is 5.60 Å². The molecule has 0 spiro atoms. The number of benzene rings is 3. The maximum absolute atomic E-state index is 13.0. The Balaban J connectivity index is 1.67. The molecule has 0 radical (unpaired) electrons. The van der Waals surface area contributed by atoms with E-state index in [-0.39, 0.29) is 16.9 Å². The van der Waals surface area contributed by atoms with Crippen molar-refractivity contribution < 1.29 is 9.53 Å². The fourth-order valence-corrected chi connectivity index (χ4v) is 5.66. The van der Waals surface area contributed by atoms with E-state index in [0.29, 0.717) is 5.56 Å². The maximum Gasteiger partial charge on any atom is 0.339 e. The fraction of sp³-hybridized carbons (Fsp3) is 0.148. The third-order valence-corrected chi connectivity index (χ3v) is 7.29. The molecule has 0 heterocycles. The van der Waals surface area contributed by atoms with E-state index in [1.54, 1.807) is 0 Å². The molecule has 0 atom stereocenters. The molecule has 3 heteroatoms. The van der Waals surface area contributed by atoms with E-state index in [1.165, 1.54) is 9.79 Å². The summed E-state index contributed by atoms with van der Waals surface area (Å²) in [6, 6.07) is 28.7. The van der Waals surface area contributed by atoms with Crippen molar-refractivity contribution in [2.45, 2.75) is 40.6 Å². The van der Waals surface area contributed by atoms with Crippen LogP contribution in [0.3, 0.4) is 0 Å². The molecule has 0 aliphatic heterocycles. The zero-order valence-corrected chi connectivity index (χ0v) is 18.1. The predicted molar refractivity (Wildman–Crippen MR) is 123 cm³/mol. The number of ether oxygens (including phenoxy) is 1. The molecule has 0 fully saturated rings. The van der Waals surface area contributed by atoms with Crippen LogP contribution in [0.25, 0.3) is 0 Å². The first-order valence-electron chi connectivity index (χ1n) is 10.1. The van der Waals surface area contributed by atoms with E-state index in [4.69, 9.17) is 4.74 Å². The molecule has 0 bridgehead atoms. The third kappa shape index (κ3) is 4.42. The highest BCUT2D eigenvalue weighted by molar-refractivity contribution is 7.97. The molecule has 0 unspecified atom stereocenters. The van der Waals surface area contributed by atoms with Gasteiger partial charge in [0.05, 0.1) is 16.5 Å². The molecule has 150 valence electrons. The van der Waals surface area contributed by atoms with Gasteiger partial charge in [0.25, 0.3) is 0 Å². The van der Waals surface area contributed by atoms with Crippen LogP contribution in [-0.2, 0) is 15.6 Å². The van der Waals surface area contributed by atoms with Crippen molar-refractivity contribution in [2.24, 2.45) is 0 Å². The van der Waals surface area contributed by atoms with Crippen molar-refractivity contribution in [3.05, 3.63) is 114 Å². The number of rotatable bonds is 6. The number of allylic oxidation sites excluding steroid dienone is 2. The summed E-state index contributed by atoms with van der Waals surface area (Å²) >= 11 is 0. The minimum atomic E-state index is -0.652. The van der Waals surface area contributed by atoms with Gasteiger partial charge in [-0.15, -0.1) is 0 Å². The topological polar surface area (TPSA) is 26.3 Å². The summed E-state index contributed by atoms with van der Waals surface area (Å²) in [5.74, 6) is -0.298. The van der Waals surface area contributed by atoms with Crippen LogP contribution in [0.1, 0.15) is 30.6 Å². The normalized spacial score (nSPS) is 13.4. The van der Waals surface area contributed by atoms with Gasteiger partial charge < -0.3 is 4.74 Å². The van der Waals surface area contributed by atoms with Gasteiger partial charge in [0, 0.05) is 6.07 Å². The molecule has 0 saturated heterocycles. The predicted octanol–water partition coefficient (Wildman–Crippen LogP) is 6.60. The quantitative estimate of drug-likeness (QED) is 0.336. The van der Waals surface area contributed by atoms with E-state index in [9.17, 15) is 4.79 Å². The molecule has 3 aromatic rings. The lowest BCUT2D eigenvalue weighted by Crippen LogP contribution is -2.29. The van der Waals surface area contributed by atoms with Crippen LogP contribution in [0.15, 0.2) is 123 Å². The van der Waals surface area contributed by atoms with Gasteiger partial charge in [0.15, 0.2) is 14.7 Å². The molecule has 0 amide bonds. The average Bonchev–Trinajstić information content (AvgIpc) is 3.32. The summed E-state index contributed by atoms with van der Waals surface area (Å²) in [6.45, 7) is 3.88. The molecule has 0 saturated carbocycles. The molecule has 2 nitrogen and oxygen atoms in total. The van der Waals surface area contributed by atoms with Gasteiger partial charge in [-0.3, -0.25) is 0 Å². The first-order valence-corrected chi connectivity index (χ1v) is 11.3. The van der Waals surface area contributed by atoms with Crippen molar-refractivity contribution in [3.63, 3.8) is 0 Å². The fourth-order valence-electron chi connectivity index (χ4n) is 3.53. The largest absolute Gasteiger partial charge is 0.451 e. The monoisotopic (exact) mass is 413 g/mol. The Labute approximate surface area is 181 Å². The minimum absolute atomic E-state index is 0.297. The van der Waals surface area contributed by atoms with Gasteiger partial charge in [-0.05, 0) is 62.2 Å². The Morgan fingerprint density at radius 3 is 2.00 bits per heavy atom. The highest BCUT2D eigenvalue weighted by atomic mass is 32.2. The zero-order chi connectivity index (χ0) is 21.0. The summed E-state index contributed by atoms with van der Waals surface area (Å²) in [4.78, 5) is 16.5. The molecule has 3 aromatic carbocycles. The van der Waals surface area contributed by atoms with Crippen LogP contribution >= 0.6 is 0 Å². The van der Waals surface area contributed by atoms with E-state index in [1.807, 2.05) is 50.3 Å². The Bertz CT molecular complexity index is 1040. The molecule has 1 aliphatic carbocycles. The molecule has 0 N–H and O–H groups in total. The lowest BCUT2D eigenvalue weighted by molar-refractivity contribution is 0.0145. The molecule has 4 rings (SSSR count). The van der Waals surface area contributed by atoms with Crippen LogP contribution in [0.5, 0.6) is 0 Å². The van der Waals surface area contributed by atoms with E-state index in [0.717, 1.165) is 16.9 Å². The van der Waals surface area contributed by atoms with Gasteiger partial charge in [0.2, 0.25) is 0 Å². The summed E-state index contributed by atoms with van der Waals surface area (Å²) < 4.78 is 5.90. The van der Waals surface area contributed by atoms with Crippen molar-refractivity contribution in [1.29, 1.82) is 0 Å². The Morgan fingerprint density at radius 2 is 1.43 bits per heavy atom. The van der Waals surface area contributed by atoms with Gasteiger partial charge in [-0.2, -0.15) is 0 Å². The van der Waals surface area contributed by atoms with Crippen LogP contribution in [0.2, 0.25) is 0 Å². The maximum atomic E-state index is 13.0. The summed E-state index contributed by atoms with van der Waals surface area (Å²) in [7, 11) is -0.297. The smallest absolute Gasteiger partial charge is 0.339 e. The van der Waals surface area contributed by atoms with Gasteiger partial charge in [-0.25, -0.2) is 4.79 Å². The summed E-state index contributed by atoms with van der Waals surface area (Å²) in [5.41, 5.74) is 0.966. The van der Waals surface area contributed by atoms with Gasteiger partial charge >= 0.3 is 5.97 Å². The van der Waals surface area contributed by atoms with E-state index >= 15 is 0 Å². The minimum Gasteiger partial charge on any atom is -0.451 e. The lowest BCUT2D eigenvalue weighted by atomic mass is 9.99. The lowest BCUT2D eigenvalue weighted by Gasteiger charge is -2.26. The number of carbonyl (C=O) groups excluding carboxylic acids is 1. The second-order valence-electron chi connectivity index (χ2n) is 7.66. The van der Waals surface area contributed by atoms with Crippen molar-refractivity contribution in [2.75, 3.05) is 0 Å². The van der Waals surface area contributed by atoms with Crippen LogP contribution in [-0.4, -0.2) is 11.6 Å². The molecular weight excluding hydrogens is 388 g/mol. The van der Waals surface area contributed by atoms with Gasteiger partial charge in [0.1, 0.15) is 5.60 Å². The SMILES string of the molecule is CC(C)(OC(=O)c1cccc([S+](c2ccccc2)c2ccccc2)c1)C1=CCC=C1. The first-order chi connectivity index (χ1) is 14.5.